The number of furan rings is 1. The maximum absolute atomic E-state index is 11.9. The number of carbonyl (C=O) groups excluding carboxylic acids is 1. The van der Waals surface area contributed by atoms with Gasteiger partial charge in [-0.2, -0.15) is 0 Å². The van der Waals surface area contributed by atoms with Crippen molar-refractivity contribution in [3.05, 3.63) is 53.9 Å². The van der Waals surface area contributed by atoms with Crippen LogP contribution in [0.15, 0.2) is 52.6 Å². The van der Waals surface area contributed by atoms with Gasteiger partial charge in [0.1, 0.15) is 11.5 Å². The summed E-state index contributed by atoms with van der Waals surface area (Å²) in [5.41, 5.74) is 1.56. The van der Waals surface area contributed by atoms with E-state index in [0.29, 0.717) is 18.0 Å². The van der Waals surface area contributed by atoms with Gasteiger partial charge in [-0.1, -0.05) is 6.07 Å². The number of nitrogens with one attached hydrogen (secondary N) is 1. The van der Waals surface area contributed by atoms with Crippen LogP contribution in [0.4, 0.5) is 5.13 Å². The summed E-state index contributed by atoms with van der Waals surface area (Å²) in [5.74, 6) is 0.729. The molecule has 0 aliphatic heterocycles. The van der Waals surface area contributed by atoms with E-state index < -0.39 is 0 Å². The van der Waals surface area contributed by atoms with Crippen molar-refractivity contribution < 1.29 is 9.21 Å². The van der Waals surface area contributed by atoms with Gasteiger partial charge < -0.3 is 9.73 Å². The lowest BCUT2D eigenvalue weighted by Gasteiger charge is -2.00. The molecule has 21 heavy (non-hydrogen) atoms. The predicted molar refractivity (Wildman–Crippen MR) is 81.0 cm³/mol. The largest absolute Gasteiger partial charge is 0.469 e. The van der Waals surface area contributed by atoms with Gasteiger partial charge in [0.2, 0.25) is 5.91 Å². The molecule has 0 bridgehead atoms. The second-order valence-corrected chi connectivity index (χ2v) is 5.24. The molecule has 0 radical (unpaired) electrons. The number of nitrogens with zero attached hydrogens (tertiary/aromatic N) is 2. The van der Waals surface area contributed by atoms with Crippen LogP contribution >= 0.6 is 11.3 Å². The van der Waals surface area contributed by atoms with Gasteiger partial charge in [-0.15, -0.1) is 11.3 Å². The van der Waals surface area contributed by atoms with E-state index in [9.17, 15) is 4.79 Å². The number of aryl methyl sites for hydroxylation is 1. The summed E-state index contributed by atoms with van der Waals surface area (Å²) in [4.78, 5) is 20.4. The Labute approximate surface area is 125 Å². The number of hydrogen-bond donors (Lipinski definition) is 1. The van der Waals surface area contributed by atoms with Gasteiger partial charge in [0.05, 0.1) is 12.0 Å². The molecule has 0 aliphatic carbocycles. The van der Waals surface area contributed by atoms with Gasteiger partial charge in [0, 0.05) is 24.4 Å². The van der Waals surface area contributed by atoms with E-state index in [-0.39, 0.29) is 5.91 Å². The molecule has 0 fully saturated rings. The third-order valence-electron chi connectivity index (χ3n) is 2.86. The van der Waals surface area contributed by atoms with E-state index in [0.717, 1.165) is 17.1 Å². The van der Waals surface area contributed by atoms with Crippen molar-refractivity contribution in [3.63, 3.8) is 0 Å². The van der Waals surface area contributed by atoms with Crippen molar-refractivity contribution in [1.82, 2.24) is 9.97 Å². The fourth-order valence-corrected chi connectivity index (χ4v) is 2.56. The van der Waals surface area contributed by atoms with E-state index in [1.165, 1.54) is 11.3 Å². The average Bonchev–Trinajstić information content (AvgIpc) is 3.17. The highest BCUT2D eigenvalue weighted by Crippen LogP contribution is 2.23. The SMILES string of the molecule is O=C(CCc1ccco1)Nc1nc(-c2ccccn2)cs1. The molecule has 0 unspecified atom stereocenters. The van der Waals surface area contributed by atoms with Crippen LogP contribution in [0.5, 0.6) is 0 Å². The summed E-state index contributed by atoms with van der Waals surface area (Å²) in [7, 11) is 0. The van der Waals surface area contributed by atoms with Gasteiger partial charge in [-0.25, -0.2) is 4.98 Å². The fourth-order valence-electron chi connectivity index (χ4n) is 1.84. The summed E-state index contributed by atoms with van der Waals surface area (Å²) in [5, 5.41) is 5.26. The van der Waals surface area contributed by atoms with Crippen molar-refractivity contribution in [1.29, 1.82) is 0 Å². The molecular formula is C15H13N3O2S. The van der Waals surface area contributed by atoms with Crippen LogP contribution in [0.1, 0.15) is 12.2 Å². The van der Waals surface area contributed by atoms with Crippen molar-refractivity contribution in [2.45, 2.75) is 12.8 Å². The molecule has 0 atom stereocenters. The van der Waals surface area contributed by atoms with Gasteiger partial charge in [0.15, 0.2) is 5.13 Å². The zero-order valence-corrected chi connectivity index (χ0v) is 12.0. The topological polar surface area (TPSA) is 68.0 Å². The van der Waals surface area contributed by atoms with Crippen LogP contribution in [-0.2, 0) is 11.2 Å². The van der Waals surface area contributed by atoms with Crippen LogP contribution in [0, 0.1) is 0 Å². The highest BCUT2D eigenvalue weighted by Gasteiger charge is 2.09. The molecule has 5 nitrogen and oxygen atoms in total. The Morgan fingerprint density at radius 2 is 2.19 bits per heavy atom. The predicted octanol–water partition coefficient (Wildman–Crippen LogP) is 3.37. The second-order valence-electron chi connectivity index (χ2n) is 4.38. The number of aromatic nitrogens is 2. The lowest BCUT2D eigenvalue weighted by molar-refractivity contribution is -0.116. The molecule has 0 saturated carbocycles. The average molecular weight is 299 g/mol. The number of amides is 1. The molecule has 1 amide bonds. The van der Waals surface area contributed by atoms with E-state index >= 15 is 0 Å². The molecule has 3 rings (SSSR count). The van der Waals surface area contributed by atoms with Gasteiger partial charge >= 0.3 is 0 Å². The summed E-state index contributed by atoms with van der Waals surface area (Å²) >= 11 is 1.39. The molecule has 0 aromatic carbocycles. The number of hydrogen-bond acceptors (Lipinski definition) is 5. The Morgan fingerprint density at radius 1 is 1.24 bits per heavy atom. The lowest BCUT2D eigenvalue weighted by atomic mass is 10.2. The summed E-state index contributed by atoms with van der Waals surface area (Å²) < 4.78 is 5.19. The number of carbonyl (C=O) groups is 1. The Balaban J connectivity index is 1.58. The Bertz CT molecular complexity index is 708. The maximum Gasteiger partial charge on any atom is 0.226 e. The quantitative estimate of drug-likeness (QED) is 0.784. The van der Waals surface area contributed by atoms with Crippen molar-refractivity contribution >= 4 is 22.4 Å². The van der Waals surface area contributed by atoms with Crippen molar-refractivity contribution in [2.75, 3.05) is 5.32 Å². The first kappa shape index (κ1) is 13.5. The molecule has 3 heterocycles. The number of anilines is 1. The van der Waals surface area contributed by atoms with E-state index in [4.69, 9.17) is 4.42 Å². The minimum atomic E-state index is -0.0756. The van der Waals surface area contributed by atoms with Crippen LogP contribution in [0.25, 0.3) is 11.4 Å². The third-order valence-corrected chi connectivity index (χ3v) is 3.61. The number of rotatable bonds is 5. The van der Waals surface area contributed by atoms with E-state index in [2.05, 4.69) is 15.3 Å². The van der Waals surface area contributed by atoms with E-state index in [1.54, 1.807) is 12.5 Å². The molecule has 6 heteroatoms. The van der Waals surface area contributed by atoms with Crippen molar-refractivity contribution in [2.24, 2.45) is 0 Å². The zero-order valence-electron chi connectivity index (χ0n) is 11.2. The highest BCUT2D eigenvalue weighted by atomic mass is 32.1. The normalized spacial score (nSPS) is 10.5. The Kier molecular flexibility index (Phi) is 4.07. The van der Waals surface area contributed by atoms with Crippen LogP contribution in [0.2, 0.25) is 0 Å². The molecule has 3 aromatic rings. The third kappa shape index (κ3) is 3.55. The molecule has 3 aromatic heterocycles. The Morgan fingerprint density at radius 3 is 2.95 bits per heavy atom. The molecule has 0 saturated heterocycles. The summed E-state index contributed by atoms with van der Waals surface area (Å²) in [6, 6.07) is 9.32. The number of pyridine rings is 1. The first-order valence-electron chi connectivity index (χ1n) is 6.50. The van der Waals surface area contributed by atoms with E-state index in [1.807, 2.05) is 35.7 Å². The molecule has 106 valence electrons. The maximum atomic E-state index is 11.9. The standard InChI is InChI=1S/C15H13N3O2S/c19-14(7-6-11-4-3-9-20-11)18-15-17-13(10-21-15)12-5-1-2-8-16-12/h1-5,8-10H,6-7H2,(H,17,18,19). The summed E-state index contributed by atoms with van der Waals surface area (Å²) in [6.07, 6.45) is 4.27. The second kappa shape index (κ2) is 6.32. The van der Waals surface area contributed by atoms with Crippen LogP contribution in [-0.4, -0.2) is 15.9 Å². The first-order chi connectivity index (χ1) is 10.3. The minimum Gasteiger partial charge on any atom is -0.469 e. The Hall–Kier alpha value is -2.47. The summed E-state index contributed by atoms with van der Waals surface area (Å²) in [6.45, 7) is 0. The molecule has 0 aliphatic rings. The van der Waals surface area contributed by atoms with Gasteiger partial charge in [0.25, 0.3) is 0 Å². The minimum absolute atomic E-state index is 0.0756. The van der Waals surface area contributed by atoms with Crippen molar-refractivity contribution in [3.8, 4) is 11.4 Å². The lowest BCUT2D eigenvalue weighted by Crippen LogP contribution is -2.11. The molecule has 0 spiro atoms. The smallest absolute Gasteiger partial charge is 0.226 e. The molecular weight excluding hydrogens is 286 g/mol. The van der Waals surface area contributed by atoms with Crippen LogP contribution < -0.4 is 5.32 Å². The molecule has 1 N–H and O–H groups in total. The fraction of sp³-hybridized carbons (Fsp3) is 0.133. The zero-order chi connectivity index (χ0) is 14.5. The first-order valence-corrected chi connectivity index (χ1v) is 7.38. The van der Waals surface area contributed by atoms with Gasteiger partial charge in [-0.3, -0.25) is 9.78 Å². The highest BCUT2D eigenvalue weighted by molar-refractivity contribution is 7.14. The monoisotopic (exact) mass is 299 g/mol. The van der Waals surface area contributed by atoms with Crippen LogP contribution in [0.3, 0.4) is 0 Å². The van der Waals surface area contributed by atoms with Gasteiger partial charge in [-0.05, 0) is 24.3 Å². The number of thiazole rings is 1.